The topological polar surface area (TPSA) is 38.3 Å². The summed E-state index contributed by atoms with van der Waals surface area (Å²) in [6, 6.07) is 5.28. The fourth-order valence-electron chi connectivity index (χ4n) is 1.66. The number of carbonyl (C=O) groups is 1. The lowest BCUT2D eigenvalue weighted by Gasteiger charge is -2.15. The molecule has 0 aliphatic carbocycles. The molecule has 2 unspecified atom stereocenters. The third kappa shape index (κ3) is 4.50. The van der Waals surface area contributed by atoms with E-state index in [4.69, 9.17) is 16.3 Å². The van der Waals surface area contributed by atoms with Crippen LogP contribution in [0.25, 0.3) is 0 Å². The molecule has 1 N–H and O–H groups in total. The summed E-state index contributed by atoms with van der Waals surface area (Å²) in [6.45, 7) is 3.85. The smallest absolute Gasteiger partial charge is 0.251 e. The van der Waals surface area contributed by atoms with Crippen LogP contribution >= 0.6 is 27.5 Å². The molecule has 0 radical (unpaired) electrons. The second-order valence-corrected chi connectivity index (χ2v) is 5.84. The van der Waals surface area contributed by atoms with Gasteiger partial charge < -0.3 is 10.1 Å². The number of methoxy groups -OCH3 is 1. The second kappa shape index (κ2) is 7.00. The lowest BCUT2D eigenvalue weighted by Crippen LogP contribution is -2.33. The number of nitrogens with one attached hydrogen (secondary N) is 1. The SMILES string of the molecule is COc1ccc(C(=O)NC(C)CC(C)Cl)cc1Br. The Labute approximate surface area is 121 Å². The summed E-state index contributed by atoms with van der Waals surface area (Å²) in [5, 5.41) is 2.95. The van der Waals surface area contributed by atoms with Crippen molar-refractivity contribution >= 4 is 33.4 Å². The molecule has 100 valence electrons. The van der Waals surface area contributed by atoms with Crippen LogP contribution in [0.5, 0.6) is 5.75 Å². The predicted molar refractivity (Wildman–Crippen MR) is 77.6 cm³/mol. The molecule has 5 heteroatoms. The second-order valence-electron chi connectivity index (χ2n) is 4.24. The van der Waals surface area contributed by atoms with Crippen molar-refractivity contribution in [1.29, 1.82) is 0 Å². The maximum Gasteiger partial charge on any atom is 0.251 e. The largest absolute Gasteiger partial charge is 0.496 e. The van der Waals surface area contributed by atoms with Crippen LogP contribution in [0.4, 0.5) is 0 Å². The molecule has 1 amide bonds. The monoisotopic (exact) mass is 333 g/mol. The Kier molecular flexibility index (Phi) is 5.96. The third-order valence-electron chi connectivity index (χ3n) is 2.47. The summed E-state index contributed by atoms with van der Waals surface area (Å²) in [5.41, 5.74) is 0.594. The minimum atomic E-state index is -0.108. The number of benzene rings is 1. The van der Waals surface area contributed by atoms with Crippen LogP contribution < -0.4 is 10.1 Å². The zero-order valence-electron chi connectivity index (χ0n) is 10.7. The van der Waals surface area contributed by atoms with E-state index in [0.29, 0.717) is 11.3 Å². The van der Waals surface area contributed by atoms with Crippen LogP contribution in [-0.4, -0.2) is 24.4 Å². The van der Waals surface area contributed by atoms with Gasteiger partial charge >= 0.3 is 0 Å². The highest BCUT2D eigenvalue weighted by Crippen LogP contribution is 2.25. The Morgan fingerprint density at radius 2 is 2.17 bits per heavy atom. The van der Waals surface area contributed by atoms with Gasteiger partial charge in [0.05, 0.1) is 11.6 Å². The van der Waals surface area contributed by atoms with Crippen molar-refractivity contribution < 1.29 is 9.53 Å². The summed E-state index contributed by atoms with van der Waals surface area (Å²) in [7, 11) is 1.59. The zero-order valence-corrected chi connectivity index (χ0v) is 13.0. The molecule has 0 bridgehead atoms. The van der Waals surface area contributed by atoms with Crippen molar-refractivity contribution in [2.45, 2.75) is 31.7 Å². The highest BCUT2D eigenvalue weighted by atomic mass is 79.9. The van der Waals surface area contributed by atoms with Gasteiger partial charge in [-0.1, -0.05) is 0 Å². The highest BCUT2D eigenvalue weighted by Gasteiger charge is 2.13. The van der Waals surface area contributed by atoms with Gasteiger partial charge in [-0.15, -0.1) is 11.6 Å². The Hall–Kier alpha value is -0.740. The van der Waals surface area contributed by atoms with Gasteiger partial charge in [-0.2, -0.15) is 0 Å². The Morgan fingerprint density at radius 1 is 1.50 bits per heavy atom. The lowest BCUT2D eigenvalue weighted by molar-refractivity contribution is 0.0938. The Morgan fingerprint density at radius 3 is 2.67 bits per heavy atom. The number of alkyl halides is 1. The minimum absolute atomic E-state index is 0.0444. The molecular formula is C13H17BrClNO2. The van der Waals surface area contributed by atoms with Gasteiger partial charge in [0.25, 0.3) is 5.91 Å². The summed E-state index contributed by atoms with van der Waals surface area (Å²) >= 11 is 9.25. The van der Waals surface area contributed by atoms with Crippen molar-refractivity contribution in [2.24, 2.45) is 0 Å². The molecule has 0 saturated carbocycles. The van der Waals surface area contributed by atoms with E-state index in [9.17, 15) is 4.79 Å². The summed E-state index contributed by atoms with van der Waals surface area (Å²) in [4.78, 5) is 12.0. The fourth-order valence-corrected chi connectivity index (χ4v) is 2.47. The zero-order chi connectivity index (χ0) is 13.7. The molecule has 2 atom stereocenters. The Balaban J connectivity index is 2.70. The molecule has 0 saturated heterocycles. The summed E-state index contributed by atoms with van der Waals surface area (Å²) in [6.07, 6.45) is 0.741. The van der Waals surface area contributed by atoms with Crippen LogP contribution in [0.1, 0.15) is 30.6 Å². The quantitative estimate of drug-likeness (QED) is 0.836. The fraction of sp³-hybridized carbons (Fsp3) is 0.462. The number of amides is 1. The standard InChI is InChI=1S/C13H17BrClNO2/c1-8(15)6-9(2)16-13(17)10-4-5-12(18-3)11(14)7-10/h4-5,7-9H,6H2,1-3H3,(H,16,17). The normalized spacial score (nSPS) is 13.8. The lowest BCUT2D eigenvalue weighted by atomic mass is 10.1. The van der Waals surface area contributed by atoms with E-state index in [1.165, 1.54) is 0 Å². The van der Waals surface area contributed by atoms with Gasteiger partial charge in [0, 0.05) is 17.0 Å². The summed E-state index contributed by atoms with van der Waals surface area (Å²) in [5.74, 6) is 0.595. The molecule has 1 aromatic rings. The molecule has 3 nitrogen and oxygen atoms in total. The maximum atomic E-state index is 12.0. The average Bonchev–Trinajstić information content (AvgIpc) is 2.27. The van der Waals surface area contributed by atoms with Gasteiger partial charge in [0.2, 0.25) is 0 Å². The number of hydrogen-bond acceptors (Lipinski definition) is 2. The van der Waals surface area contributed by atoms with E-state index in [1.807, 2.05) is 13.8 Å². The van der Waals surface area contributed by atoms with E-state index < -0.39 is 0 Å². The molecule has 0 fully saturated rings. The number of carbonyl (C=O) groups excluding carboxylic acids is 1. The maximum absolute atomic E-state index is 12.0. The molecule has 1 aromatic carbocycles. The predicted octanol–water partition coefficient (Wildman–Crippen LogP) is 3.59. The molecule has 18 heavy (non-hydrogen) atoms. The van der Waals surface area contributed by atoms with Crippen LogP contribution in [0.15, 0.2) is 22.7 Å². The highest BCUT2D eigenvalue weighted by molar-refractivity contribution is 9.10. The average molecular weight is 335 g/mol. The Bertz CT molecular complexity index is 423. The number of hydrogen-bond donors (Lipinski definition) is 1. The van der Waals surface area contributed by atoms with Gasteiger partial charge in [0.15, 0.2) is 0 Å². The number of halogens is 2. The molecule has 0 spiro atoms. The molecule has 0 aliphatic heterocycles. The summed E-state index contributed by atoms with van der Waals surface area (Å²) < 4.78 is 5.88. The molecule has 0 heterocycles. The number of rotatable bonds is 5. The van der Waals surface area contributed by atoms with Crippen molar-refractivity contribution in [3.8, 4) is 5.75 Å². The van der Waals surface area contributed by atoms with E-state index >= 15 is 0 Å². The van der Waals surface area contributed by atoms with E-state index in [0.717, 1.165) is 10.9 Å². The van der Waals surface area contributed by atoms with Crippen molar-refractivity contribution in [1.82, 2.24) is 5.32 Å². The van der Waals surface area contributed by atoms with E-state index in [2.05, 4.69) is 21.2 Å². The molecular weight excluding hydrogens is 318 g/mol. The first-order valence-corrected chi connectivity index (χ1v) is 6.95. The van der Waals surface area contributed by atoms with Crippen molar-refractivity contribution in [2.75, 3.05) is 7.11 Å². The molecule has 0 aromatic heterocycles. The molecule has 0 aliphatic rings. The first kappa shape index (κ1) is 15.3. The third-order valence-corrected chi connectivity index (χ3v) is 3.27. The number of ether oxygens (including phenoxy) is 1. The van der Waals surface area contributed by atoms with Gasteiger partial charge in [-0.25, -0.2) is 0 Å². The van der Waals surface area contributed by atoms with Crippen LogP contribution in [0.2, 0.25) is 0 Å². The van der Waals surface area contributed by atoms with Gasteiger partial charge in [-0.05, 0) is 54.4 Å². The molecule has 1 rings (SSSR count). The van der Waals surface area contributed by atoms with Crippen molar-refractivity contribution in [3.05, 3.63) is 28.2 Å². The van der Waals surface area contributed by atoms with Crippen molar-refractivity contribution in [3.63, 3.8) is 0 Å². The van der Waals surface area contributed by atoms with Crippen LogP contribution in [0.3, 0.4) is 0 Å². The van der Waals surface area contributed by atoms with E-state index in [1.54, 1.807) is 25.3 Å². The minimum Gasteiger partial charge on any atom is -0.496 e. The first-order valence-electron chi connectivity index (χ1n) is 5.72. The first-order chi connectivity index (χ1) is 8.43. The van der Waals surface area contributed by atoms with Gasteiger partial charge in [0.1, 0.15) is 5.75 Å². The van der Waals surface area contributed by atoms with Gasteiger partial charge in [-0.3, -0.25) is 4.79 Å². The van der Waals surface area contributed by atoms with E-state index in [-0.39, 0.29) is 17.3 Å². The van der Waals surface area contributed by atoms with Crippen LogP contribution in [0, 0.1) is 0 Å². The van der Waals surface area contributed by atoms with Crippen LogP contribution in [-0.2, 0) is 0 Å².